The van der Waals surface area contributed by atoms with Crippen molar-refractivity contribution < 1.29 is 9.53 Å². The summed E-state index contributed by atoms with van der Waals surface area (Å²) in [6.07, 6.45) is 0.0729. The molecule has 1 aromatic carbocycles. The largest absolute Gasteiger partial charge is 0.374 e. The van der Waals surface area contributed by atoms with Gasteiger partial charge in [0.25, 0.3) is 5.91 Å². The van der Waals surface area contributed by atoms with Crippen molar-refractivity contribution in [2.24, 2.45) is 0 Å². The van der Waals surface area contributed by atoms with Crippen LogP contribution in [0.25, 0.3) is 0 Å². The van der Waals surface area contributed by atoms with Crippen molar-refractivity contribution in [3.8, 4) is 0 Å². The van der Waals surface area contributed by atoms with Crippen LogP contribution in [0, 0.1) is 20.8 Å². The molecule has 19 heavy (non-hydrogen) atoms. The minimum Gasteiger partial charge on any atom is -0.374 e. The first-order valence-electron chi connectivity index (χ1n) is 6.76. The van der Waals surface area contributed by atoms with Gasteiger partial charge in [0.2, 0.25) is 0 Å². The number of hydrogen-bond acceptors (Lipinski definition) is 3. The van der Waals surface area contributed by atoms with Gasteiger partial charge in [-0.2, -0.15) is 0 Å². The SMILES string of the molecule is Cc1cc(C)c(C(=O)NCC2CNCCO2)c(C)c1. The van der Waals surface area contributed by atoms with E-state index in [4.69, 9.17) is 4.74 Å². The number of hydrogen-bond donors (Lipinski definition) is 2. The molecule has 0 saturated carbocycles. The number of aryl methyl sites for hydroxylation is 3. The molecule has 1 amide bonds. The molecule has 0 radical (unpaired) electrons. The van der Waals surface area contributed by atoms with E-state index in [0.717, 1.165) is 29.8 Å². The van der Waals surface area contributed by atoms with E-state index in [2.05, 4.69) is 10.6 Å². The lowest BCUT2D eigenvalue weighted by atomic mass is 9.99. The summed E-state index contributed by atoms with van der Waals surface area (Å²) in [6, 6.07) is 4.08. The lowest BCUT2D eigenvalue weighted by Gasteiger charge is -2.24. The summed E-state index contributed by atoms with van der Waals surface area (Å²) in [6.45, 7) is 8.96. The molecule has 0 aliphatic carbocycles. The van der Waals surface area contributed by atoms with Gasteiger partial charge in [-0.25, -0.2) is 0 Å². The highest BCUT2D eigenvalue weighted by Gasteiger charge is 2.17. The molecule has 1 unspecified atom stereocenters. The van der Waals surface area contributed by atoms with Gasteiger partial charge in [0, 0.05) is 25.2 Å². The quantitative estimate of drug-likeness (QED) is 0.864. The summed E-state index contributed by atoms with van der Waals surface area (Å²) >= 11 is 0. The fourth-order valence-electron chi connectivity index (χ4n) is 2.58. The van der Waals surface area contributed by atoms with Crippen molar-refractivity contribution in [1.29, 1.82) is 0 Å². The Kier molecular flexibility index (Phi) is 4.56. The molecular weight excluding hydrogens is 240 g/mol. The number of benzene rings is 1. The maximum absolute atomic E-state index is 12.3. The molecule has 1 aliphatic rings. The first-order chi connectivity index (χ1) is 9.08. The van der Waals surface area contributed by atoms with Crippen molar-refractivity contribution in [2.75, 3.05) is 26.2 Å². The van der Waals surface area contributed by atoms with Gasteiger partial charge in [-0.1, -0.05) is 17.7 Å². The highest BCUT2D eigenvalue weighted by Crippen LogP contribution is 2.16. The fourth-order valence-corrected chi connectivity index (χ4v) is 2.58. The first-order valence-corrected chi connectivity index (χ1v) is 6.76. The smallest absolute Gasteiger partial charge is 0.251 e. The Bertz CT molecular complexity index is 442. The van der Waals surface area contributed by atoms with Gasteiger partial charge in [0.1, 0.15) is 0 Å². The molecule has 1 aliphatic heterocycles. The summed E-state index contributed by atoms with van der Waals surface area (Å²) in [5, 5.41) is 6.22. The molecule has 1 atom stereocenters. The molecule has 0 aromatic heterocycles. The monoisotopic (exact) mass is 262 g/mol. The summed E-state index contributed by atoms with van der Waals surface area (Å²) in [5.74, 6) is -0.0100. The van der Waals surface area contributed by atoms with Crippen LogP contribution in [-0.4, -0.2) is 38.3 Å². The highest BCUT2D eigenvalue weighted by atomic mass is 16.5. The number of carbonyl (C=O) groups excluding carboxylic acids is 1. The van der Waals surface area contributed by atoms with Crippen molar-refractivity contribution in [3.05, 3.63) is 34.4 Å². The number of carbonyl (C=O) groups is 1. The van der Waals surface area contributed by atoms with Gasteiger partial charge in [-0.05, 0) is 31.9 Å². The minimum absolute atomic E-state index is 0.0100. The maximum atomic E-state index is 12.3. The molecule has 0 spiro atoms. The molecule has 1 saturated heterocycles. The van der Waals surface area contributed by atoms with Crippen LogP contribution in [0.3, 0.4) is 0 Å². The molecule has 1 fully saturated rings. The lowest BCUT2D eigenvalue weighted by molar-refractivity contribution is 0.0287. The molecule has 2 N–H and O–H groups in total. The van der Waals surface area contributed by atoms with Crippen LogP contribution in [0.15, 0.2) is 12.1 Å². The fraction of sp³-hybridized carbons (Fsp3) is 0.533. The van der Waals surface area contributed by atoms with Crippen LogP contribution < -0.4 is 10.6 Å². The minimum atomic E-state index is -0.0100. The zero-order chi connectivity index (χ0) is 13.8. The second-order valence-corrected chi connectivity index (χ2v) is 5.18. The Hall–Kier alpha value is -1.39. The highest BCUT2D eigenvalue weighted by molar-refractivity contribution is 5.97. The molecule has 1 aromatic rings. The predicted molar refractivity (Wildman–Crippen MR) is 75.6 cm³/mol. The maximum Gasteiger partial charge on any atom is 0.251 e. The van der Waals surface area contributed by atoms with Crippen LogP contribution in [0.1, 0.15) is 27.0 Å². The first kappa shape index (κ1) is 14.0. The average molecular weight is 262 g/mol. The second kappa shape index (κ2) is 6.17. The molecule has 2 rings (SSSR count). The number of rotatable bonds is 3. The Labute approximate surface area is 114 Å². The van der Waals surface area contributed by atoms with E-state index < -0.39 is 0 Å². The van der Waals surface area contributed by atoms with Gasteiger partial charge in [0.15, 0.2) is 0 Å². The van der Waals surface area contributed by atoms with Crippen molar-refractivity contribution in [2.45, 2.75) is 26.9 Å². The molecule has 104 valence electrons. The van der Waals surface area contributed by atoms with Crippen molar-refractivity contribution in [3.63, 3.8) is 0 Å². The molecule has 4 nitrogen and oxygen atoms in total. The average Bonchev–Trinajstić information content (AvgIpc) is 2.36. The summed E-state index contributed by atoms with van der Waals surface area (Å²) in [7, 11) is 0. The van der Waals surface area contributed by atoms with Crippen molar-refractivity contribution in [1.82, 2.24) is 10.6 Å². The van der Waals surface area contributed by atoms with E-state index in [0.29, 0.717) is 13.2 Å². The van der Waals surface area contributed by atoms with E-state index >= 15 is 0 Å². The van der Waals surface area contributed by atoms with E-state index in [1.807, 2.05) is 32.9 Å². The molecule has 0 bridgehead atoms. The Balaban J connectivity index is 1.99. The van der Waals surface area contributed by atoms with E-state index in [1.165, 1.54) is 5.56 Å². The van der Waals surface area contributed by atoms with Crippen LogP contribution in [-0.2, 0) is 4.74 Å². The van der Waals surface area contributed by atoms with Gasteiger partial charge in [-0.3, -0.25) is 4.79 Å². The van der Waals surface area contributed by atoms with Crippen molar-refractivity contribution >= 4 is 5.91 Å². The van der Waals surface area contributed by atoms with Gasteiger partial charge in [-0.15, -0.1) is 0 Å². The van der Waals surface area contributed by atoms with Gasteiger partial charge in [0.05, 0.1) is 12.7 Å². The van der Waals surface area contributed by atoms with Crippen LogP contribution in [0.2, 0.25) is 0 Å². The number of amides is 1. The lowest BCUT2D eigenvalue weighted by Crippen LogP contribution is -2.45. The predicted octanol–water partition coefficient (Wildman–Crippen LogP) is 1.33. The normalized spacial score (nSPS) is 19.2. The zero-order valence-corrected chi connectivity index (χ0v) is 11.9. The van der Waals surface area contributed by atoms with Crippen LogP contribution in [0.5, 0.6) is 0 Å². The molecular formula is C15H22N2O2. The molecule has 4 heteroatoms. The third kappa shape index (κ3) is 3.55. The Morgan fingerprint density at radius 2 is 2.05 bits per heavy atom. The summed E-state index contributed by atoms with van der Waals surface area (Å²) in [4.78, 5) is 12.3. The van der Waals surface area contributed by atoms with Gasteiger partial charge < -0.3 is 15.4 Å². The van der Waals surface area contributed by atoms with E-state index in [-0.39, 0.29) is 12.0 Å². The van der Waals surface area contributed by atoms with E-state index in [9.17, 15) is 4.79 Å². The third-order valence-electron chi connectivity index (χ3n) is 3.40. The number of ether oxygens (including phenoxy) is 1. The number of morpholine rings is 1. The number of nitrogens with one attached hydrogen (secondary N) is 2. The topological polar surface area (TPSA) is 50.4 Å². The van der Waals surface area contributed by atoms with Crippen LogP contribution >= 0.6 is 0 Å². The Morgan fingerprint density at radius 3 is 2.63 bits per heavy atom. The summed E-state index contributed by atoms with van der Waals surface area (Å²) < 4.78 is 5.57. The zero-order valence-electron chi connectivity index (χ0n) is 11.9. The third-order valence-corrected chi connectivity index (χ3v) is 3.40. The standard InChI is InChI=1S/C15H22N2O2/c1-10-6-11(2)14(12(3)7-10)15(18)17-9-13-8-16-4-5-19-13/h6-7,13,16H,4-5,8-9H2,1-3H3,(H,17,18). The molecule has 1 heterocycles. The van der Waals surface area contributed by atoms with Gasteiger partial charge >= 0.3 is 0 Å². The second-order valence-electron chi connectivity index (χ2n) is 5.18. The Morgan fingerprint density at radius 1 is 1.37 bits per heavy atom. The van der Waals surface area contributed by atoms with E-state index in [1.54, 1.807) is 0 Å². The van der Waals surface area contributed by atoms with Crippen LogP contribution in [0.4, 0.5) is 0 Å². The summed E-state index contributed by atoms with van der Waals surface area (Å²) in [5.41, 5.74) is 4.02.